The smallest absolute Gasteiger partial charge is 0.480 e. The van der Waals surface area contributed by atoms with Crippen molar-refractivity contribution in [3.05, 3.63) is 0 Å². The number of thioether (sulfide) groups is 1. The van der Waals surface area contributed by atoms with Gasteiger partial charge in [0.05, 0.1) is 0 Å². The fraction of sp³-hybridized carbons (Fsp3) is 0.800. The van der Waals surface area contributed by atoms with E-state index in [1.54, 1.807) is 17.2 Å². The third-order valence-corrected chi connectivity index (χ3v) is 1.71. The van der Waals surface area contributed by atoms with Gasteiger partial charge in [-0.3, -0.25) is 4.79 Å². The van der Waals surface area contributed by atoms with Gasteiger partial charge in [-0.15, -0.1) is 0 Å². The van der Waals surface area contributed by atoms with Crippen LogP contribution in [0.2, 0.25) is 0 Å². The van der Waals surface area contributed by atoms with E-state index in [0.717, 1.165) is 5.75 Å². The van der Waals surface area contributed by atoms with Gasteiger partial charge in [0, 0.05) is 0 Å². The van der Waals surface area contributed by atoms with Crippen molar-refractivity contribution in [2.24, 2.45) is 0 Å². The summed E-state index contributed by atoms with van der Waals surface area (Å²) in [7, 11) is 0. The van der Waals surface area contributed by atoms with Crippen LogP contribution in [0.4, 0.5) is 0 Å². The molecule has 0 aromatic carbocycles. The molecule has 0 aromatic rings. The van der Waals surface area contributed by atoms with Gasteiger partial charge in [-0.05, 0) is 18.4 Å². The van der Waals surface area contributed by atoms with Crippen molar-refractivity contribution < 1.29 is 15.1 Å². The molecule has 60 valence electrons. The molecule has 0 saturated heterocycles. The molecule has 0 heterocycles. The molecule has 11 heavy (non-hydrogen) atoms. The molecule has 0 fully saturated rings. The second-order valence-electron chi connectivity index (χ2n) is 1.80. The van der Waals surface area contributed by atoms with Crippen molar-refractivity contribution in [1.29, 1.82) is 0 Å². The molecule has 0 radical (unpaired) electrons. The van der Waals surface area contributed by atoms with Crippen LogP contribution in [0.15, 0.2) is 0 Å². The number of rotatable bonds is 5. The predicted octanol–water partition coefficient (Wildman–Crippen LogP) is -0.209. The van der Waals surface area contributed by atoms with E-state index in [1.165, 1.54) is 0 Å². The van der Waals surface area contributed by atoms with Crippen molar-refractivity contribution >= 4 is 55.5 Å². The molecular formula is C5H11CaNO3S+2. The number of carbonyl (C=O) groups is 1. The molecule has 0 saturated carbocycles. The second kappa shape index (κ2) is 9.09. The number of hydroxylamine groups is 1. The number of carboxylic acid groups (broad SMARTS) is 1. The van der Waals surface area contributed by atoms with Crippen LogP contribution in [0, 0.1) is 0 Å². The van der Waals surface area contributed by atoms with E-state index < -0.39 is 12.0 Å². The third-order valence-electron chi connectivity index (χ3n) is 1.06. The summed E-state index contributed by atoms with van der Waals surface area (Å²) >= 11 is 1.55. The first-order valence-electron chi connectivity index (χ1n) is 2.83. The van der Waals surface area contributed by atoms with E-state index in [0.29, 0.717) is 6.42 Å². The van der Waals surface area contributed by atoms with Crippen molar-refractivity contribution in [2.75, 3.05) is 12.0 Å². The number of aliphatic carboxylic acids is 1. The molecule has 0 spiro atoms. The minimum Gasteiger partial charge on any atom is -0.480 e. The predicted molar refractivity (Wildman–Crippen MR) is 45.1 cm³/mol. The third kappa shape index (κ3) is 7.36. The number of carboxylic acids is 1. The van der Waals surface area contributed by atoms with Gasteiger partial charge in [-0.2, -0.15) is 17.2 Å². The Morgan fingerprint density at radius 3 is 2.55 bits per heavy atom. The van der Waals surface area contributed by atoms with Crippen LogP contribution < -0.4 is 5.48 Å². The fourth-order valence-corrected chi connectivity index (χ4v) is 0.950. The Morgan fingerprint density at radius 1 is 1.73 bits per heavy atom. The SMILES string of the molecule is CSCC[C@H](NO)C(=O)O.[Ca+2]. The molecule has 3 N–H and O–H groups in total. The quantitative estimate of drug-likeness (QED) is 0.428. The summed E-state index contributed by atoms with van der Waals surface area (Å²) in [6, 6.07) is -0.826. The topological polar surface area (TPSA) is 69.6 Å². The van der Waals surface area contributed by atoms with Gasteiger partial charge in [0.1, 0.15) is 6.04 Å². The zero-order valence-corrected chi connectivity index (χ0v) is 9.43. The van der Waals surface area contributed by atoms with Crippen LogP contribution in [-0.4, -0.2) is 72.1 Å². The van der Waals surface area contributed by atoms with Gasteiger partial charge < -0.3 is 10.3 Å². The van der Waals surface area contributed by atoms with Crippen LogP contribution in [0.1, 0.15) is 6.42 Å². The molecule has 0 amide bonds. The van der Waals surface area contributed by atoms with E-state index in [1.807, 2.05) is 6.26 Å². The van der Waals surface area contributed by atoms with Crippen molar-refractivity contribution in [2.45, 2.75) is 12.5 Å². The summed E-state index contributed by atoms with van der Waals surface area (Å²) < 4.78 is 0. The average Bonchev–Trinajstić information content (AvgIpc) is 1.89. The van der Waals surface area contributed by atoms with Crippen molar-refractivity contribution in [3.63, 3.8) is 0 Å². The monoisotopic (exact) mass is 205 g/mol. The van der Waals surface area contributed by atoms with Gasteiger partial charge in [0.15, 0.2) is 0 Å². The maximum absolute atomic E-state index is 10.2. The van der Waals surface area contributed by atoms with E-state index in [2.05, 4.69) is 0 Å². The first kappa shape index (κ1) is 14.5. The Bertz CT molecular complexity index is 114. The molecule has 0 rings (SSSR count). The van der Waals surface area contributed by atoms with Crippen LogP contribution in [-0.2, 0) is 4.79 Å². The van der Waals surface area contributed by atoms with Gasteiger partial charge in [0.2, 0.25) is 0 Å². The molecule has 0 aromatic heterocycles. The van der Waals surface area contributed by atoms with Crippen molar-refractivity contribution in [3.8, 4) is 0 Å². The Hall–Kier alpha value is 1.000. The van der Waals surface area contributed by atoms with Crippen LogP contribution in [0.3, 0.4) is 0 Å². The normalized spacial score (nSPS) is 11.8. The Morgan fingerprint density at radius 2 is 2.27 bits per heavy atom. The Labute approximate surface area is 99.7 Å². The maximum atomic E-state index is 10.2. The van der Waals surface area contributed by atoms with E-state index in [4.69, 9.17) is 10.3 Å². The molecule has 0 bridgehead atoms. The standard InChI is InChI=1S/C5H11NO3S.Ca/c1-10-3-2-4(6-9)5(7)8;/h4,6,9H,2-3H2,1H3,(H,7,8);/q;+2/t4-;/m0./s1. The van der Waals surface area contributed by atoms with Crippen molar-refractivity contribution in [1.82, 2.24) is 5.48 Å². The van der Waals surface area contributed by atoms with E-state index >= 15 is 0 Å². The minimum absolute atomic E-state index is 0. The first-order chi connectivity index (χ1) is 4.72. The first-order valence-corrected chi connectivity index (χ1v) is 4.23. The van der Waals surface area contributed by atoms with Crippen LogP contribution in [0.5, 0.6) is 0 Å². The molecule has 1 atom stereocenters. The largest absolute Gasteiger partial charge is 2.00 e. The zero-order chi connectivity index (χ0) is 7.98. The molecular weight excluding hydrogens is 194 g/mol. The molecule has 4 nitrogen and oxygen atoms in total. The molecule has 0 aliphatic carbocycles. The summed E-state index contributed by atoms with van der Waals surface area (Å²) in [5.41, 5.74) is 1.72. The minimum atomic E-state index is -1.02. The maximum Gasteiger partial charge on any atom is 2.00 e. The molecule has 0 unspecified atom stereocenters. The van der Waals surface area contributed by atoms with Gasteiger partial charge >= 0.3 is 43.7 Å². The Kier molecular flexibility index (Phi) is 12.0. The Balaban J connectivity index is 0. The summed E-state index contributed by atoms with van der Waals surface area (Å²) in [6.07, 6.45) is 2.32. The number of hydrogen-bond donors (Lipinski definition) is 3. The number of nitrogens with one attached hydrogen (secondary N) is 1. The summed E-state index contributed by atoms with van der Waals surface area (Å²) in [4.78, 5) is 10.2. The second-order valence-corrected chi connectivity index (χ2v) is 2.79. The molecule has 6 heteroatoms. The van der Waals surface area contributed by atoms with Crippen LogP contribution >= 0.6 is 11.8 Å². The summed E-state index contributed by atoms with van der Waals surface area (Å²) in [6.45, 7) is 0. The zero-order valence-electron chi connectivity index (χ0n) is 6.41. The number of hydrogen-bond acceptors (Lipinski definition) is 4. The van der Waals surface area contributed by atoms with E-state index in [-0.39, 0.29) is 37.7 Å². The van der Waals surface area contributed by atoms with Gasteiger partial charge in [-0.1, -0.05) is 0 Å². The molecule has 0 aliphatic rings. The summed E-state index contributed by atoms with van der Waals surface area (Å²) in [5, 5.41) is 16.7. The fourth-order valence-electron chi connectivity index (χ4n) is 0.479. The van der Waals surface area contributed by atoms with Gasteiger partial charge in [0.25, 0.3) is 0 Å². The average molecular weight is 205 g/mol. The van der Waals surface area contributed by atoms with Crippen LogP contribution in [0.25, 0.3) is 0 Å². The van der Waals surface area contributed by atoms with E-state index in [9.17, 15) is 4.79 Å². The van der Waals surface area contributed by atoms with Gasteiger partial charge in [-0.25, -0.2) is 0 Å². The summed E-state index contributed by atoms with van der Waals surface area (Å²) in [5.74, 6) is -0.290. The molecule has 0 aliphatic heterocycles.